The van der Waals surface area contributed by atoms with E-state index in [9.17, 15) is 14.4 Å². The standard InChI is InChI=1S/C20H25N3O3S/c1-27-17-4-2-3-16(12-17)23-13-15(11-18(23)24)20(26)22-9-7-21(8-10-22)19(25)14-5-6-14/h2-4,12,14-15H,5-11,13H2,1H3. The number of carbonyl (C=O) groups is 3. The molecule has 2 aliphatic heterocycles. The number of rotatable bonds is 4. The quantitative estimate of drug-likeness (QED) is 0.740. The summed E-state index contributed by atoms with van der Waals surface area (Å²) in [7, 11) is 0. The molecular formula is C20H25N3O3S. The molecule has 7 heteroatoms. The first-order valence-electron chi connectivity index (χ1n) is 9.59. The Morgan fingerprint density at radius 3 is 2.22 bits per heavy atom. The van der Waals surface area contributed by atoms with Gasteiger partial charge in [0, 0.05) is 55.6 Å². The lowest BCUT2D eigenvalue weighted by atomic mass is 10.1. The zero-order chi connectivity index (χ0) is 19.0. The molecule has 4 rings (SSSR count). The number of thioether (sulfide) groups is 1. The van der Waals surface area contributed by atoms with Gasteiger partial charge in [-0.05, 0) is 37.3 Å². The SMILES string of the molecule is CSc1cccc(N2CC(C(=O)N3CCN(C(=O)C4CC4)CC3)CC2=O)c1. The second-order valence-electron chi connectivity index (χ2n) is 7.53. The molecular weight excluding hydrogens is 362 g/mol. The smallest absolute Gasteiger partial charge is 0.228 e. The van der Waals surface area contributed by atoms with Crippen LogP contribution in [0.1, 0.15) is 19.3 Å². The average Bonchev–Trinajstić information content (AvgIpc) is 3.49. The lowest BCUT2D eigenvalue weighted by Gasteiger charge is -2.36. The largest absolute Gasteiger partial charge is 0.339 e. The maximum absolute atomic E-state index is 12.9. The van der Waals surface area contributed by atoms with Crippen molar-refractivity contribution in [1.29, 1.82) is 0 Å². The van der Waals surface area contributed by atoms with Gasteiger partial charge in [-0.3, -0.25) is 14.4 Å². The van der Waals surface area contributed by atoms with Crippen molar-refractivity contribution in [2.24, 2.45) is 11.8 Å². The van der Waals surface area contributed by atoms with E-state index in [1.165, 1.54) is 0 Å². The van der Waals surface area contributed by atoms with E-state index in [0.29, 0.717) is 32.7 Å². The Kier molecular flexibility index (Phi) is 5.12. The van der Waals surface area contributed by atoms with Crippen molar-refractivity contribution in [1.82, 2.24) is 9.80 Å². The van der Waals surface area contributed by atoms with E-state index in [-0.39, 0.29) is 36.0 Å². The summed E-state index contributed by atoms with van der Waals surface area (Å²) in [5, 5.41) is 0. The Labute approximate surface area is 163 Å². The molecule has 144 valence electrons. The number of amides is 3. The second-order valence-corrected chi connectivity index (χ2v) is 8.41. The van der Waals surface area contributed by atoms with Crippen molar-refractivity contribution in [2.45, 2.75) is 24.2 Å². The Hall–Kier alpha value is -2.02. The monoisotopic (exact) mass is 387 g/mol. The highest BCUT2D eigenvalue weighted by molar-refractivity contribution is 7.98. The van der Waals surface area contributed by atoms with Crippen LogP contribution in [0.2, 0.25) is 0 Å². The van der Waals surface area contributed by atoms with E-state index in [2.05, 4.69) is 0 Å². The maximum Gasteiger partial charge on any atom is 0.228 e. The third-order valence-electron chi connectivity index (χ3n) is 5.67. The minimum atomic E-state index is -0.291. The zero-order valence-corrected chi connectivity index (χ0v) is 16.4. The number of nitrogens with zero attached hydrogens (tertiary/aromatic N) is 3. The number of hydrogen-bond donors (Lipinski definition) is 0. The van der Waals surface area contributed by atoms with Crippen LogP contribution in [0.5, 0.6) is 0 Å². The summed E-state index contributed by atoms with van der Waals surface area (Å²) in [4.78, 5) is 44.1. The summed E-state index contributed by atoms with van der Waals surface area (Å²) >= 11 is 1.64. The van der Waals surface area contributed by atoms with E-state index in [4.69, 9.17) is 0 Å². The van der Waals surface area contributed by atoms with Gasteiger partial charge < -0.3 is 14.7 Å². The predicted octanol–water partition coefficient (Wildman–Crippen LogP) is 1.84. The molecule has 2 heterocycles. The van der Waals surface area contributed by atoms with Crippen LogP contribution in [0.15, 0.2) is 29.2 Å². The van der Waals surface area contributed by atoms with Crippen molar-refractivity contribution in [3.05, 3.63) is 24.3 Å². The second kappa shape index (κ2) is 7.54. The lowest BCUT2D eigenvalue weighted by Crippen LogP contribution is -2.52. The molecule has 3 fully saturated rings. The van der Waals surface area contributed by atoms with Gasteiger partial charge in [-0.25, -0.2) is 0 Å². The van der Waals surface area contributed by atoms with E-state index >= 15 is 0 Å². The van der Waals surface area contributed by atoms with Crippen LogP contribution in [0.4, 0.5) is 5.69 Å². The van der Waals surface area contributed by atoms with Gasteiger partial charge >= 0.3 is 0 Å². The highest BCUT2D eigenvalue weighted by Crippen LogP contribution is 2.32. The summed E-state index contributed by atoms with van der Waals surface area (Å²) in [6, 6.07) is 7.88. The van der Waals surface area contributed by atoms with Crippen LogP contribution in [0.3, 0.4) is 0 Å². The van der Waals surface area contributed by atoms with Crippen molar-refractivity contribution in [2.75, 3.05) is 43.9 Å². The topological polar surface area (TPSA) is 60.9 Å². The first kappa shape index (κ1) is 18.3. The molecule has 0 bridgehead atoms. The number of piperazine rings is 1. The molecule has 6 nitrogen and oxygen atoms in total. The van der Waals surface area contributed by atoms with Gasteiger partial charge in [-0.15, -0.1) is 11.8 Å². The number of carbonyl (C=O) groups excluding carboxylic acids is 3. The maximum atomic E-state index is 12.9. The molecule has 1 unspecified atom stereocenters. The summed E-state index contributed by atoms with van der Waals surface area (Å²) in [6.45, 7) is 2.81. The van der Waals surface area contributed by atoms with Gasteiger partial charge in [-0.2, -0.15) is 0 Å². The molecule has 0 spiro atoms. The number of benzene rings is 1. The molecule has 3 amide bonds. The van der Waals surface area contributed by atoms with Crippen LogP contribution in [-0.2, 0) is 14.4 Å². The fourth-order valence-electron chi connectivity index (χ4n) is 3.89. The average molecular weight is 388 g/mol. The van der Waals surface area contributed by atoms with Crippen molar-refractivity contribution >= 4 is 35.2 Å². The van der Waals surface area contributed by atoms with Gasteiger partial charge in [0.1, 0.15) is 0 Å². The molecule has 2 saturated heterocycles. The Bertz CT molecular complexity index is 757. The zero-order valence-electron chi connectivity index (χ0n) is 15.6. The highest BCUT2D eigenvalue weighted by Gasteiger charge is 2.39. The van der Waals surface area contributed by atoms with Crippen LogP contribution < -0.4 is 4.90 Å². The summed E-state index contributed by atoms with van der Waals surface area (Å²) < 4.78 is 0. The van der Waals surface area contributed by atoms with Gasteiger partial charge in [-0.1, -0.05) is 6.07 Å². The molecule has 0 aromatic heterocycles. The molecule has 1 aliphatic carbocycles. The molecule has 1 aromatic carbocycles. The fourth-order valence-corrected chi connectivity index (χ4v) is 4.35. The number of anilines is 1. The van der Waals surface area contributed by atoms with E-state index < -0.39 is 0 Å². The van der Waals surface area contributed by atoms with Gasteiger partial charge in [0.15, 0.2) is 0 Å². The lowest BCUT2D eigenvalue weighted by molar-refractivity contribution is -0.142. The van der Waals surface area contributed by atoms with Gasteiger partial charge in [0.05, 0.1) is 5.92 Å². The van der Waals surface area contributed by atoms with E-state index in [1.807, 2.05) is 40.3 Å². The molecule has 27 heavy (non-hydrogen) atoms. The Balaban J connectivity index is 1.36. The molecule has 3 aliphatic rings. The normalized spacial score (nSPS) is 23.1. The van der Waals surface area contributed by atoms with Crippen molar-refractivity contribution in [3.8, 4) is 0 Å². The van der Waals surface area contributed by atoms with Gasteiger partial charge in [0.25, 0.3) is 0 Å². The molecule has 0 N–H and O–H groups in total. The predicted molar refractivity (Wildman–Crippen MR) is 105 cm³/mol. The summed E-state index contributed by atoms with van der Waals surface area (Å²) in [5.41, 5.74) is 0.863. The van der Waals surface area contributed by atoms with Crippen molar-refractivity contribution < 1.29 is 14.4 Å². The minimum absolute atomic E-state index is 0.00847. The Morgan fingerprint density at radius 1 is 1.00 bits per heavy atom. The van der Waals surface area contributed by atoms with Gasteiger partial charge in [0.2, 0.25) is 17.7 Å². The summed E-state index contributed by atoms with van der Waals surface area (Å²) in [6.07, 6.45) is 4.29. The molecule has 1 aromatic rings. The van der Waals surface area contributed by atoms with Crippen LogP contribution in [0.25, 0.3) is 0 Å². The Morgan fingerprint density at radius 2 is 1.63 bits per heavy atom. The first-order valence-corrected chi connectivity index (χ1v) is 10.8. The molecule has 1 saturated carbocycles. The molecule has 0 radical (unpaired) electrons. The third kappa shape index (κ3) is 3.83. The van der Waals surface area contributed by atoms with Crippen LogP contribution >= 0.6 is 11.8 Å². The highest BCUT2D eigenvalue weighted by atomic mass is 32.2. The van der Waals surface area contributed by atoms with E-state index in [0.717, 1.165) is 23.4 Å². The number of hydrogen-bond acceptors (Lipinski definition) is 4. The molecule has 1 atom stereocenters. The van der Waals surface area contributed by atoms with Crippen molar-refractivity contribution in [3.63, 3.8) is 0 Å². The fraction of sp³-hybridized carbons (Fsp3) is 0.550. The van der Waals surface area contributed by atoms with Crippen LogP contribution in [0, 0.1) is 11.8 Å². The van der Waals surface area contributed by atoms with Crippen LogP contribution in [-0.4, -0.2) is 66.5 Å². The first-order chi connectivity index (χ1) is 13.1. The third-order valence-corrected chi connectivity index (χ3v) is 6.39. The summed E-state index contributed by atoms with van der Waals surface area (Å²) in [5.74, 6) is 0.240. The van der Waals surface area contributed by atoms with E-state index in [1.54, 1.807) is 16.7 Å². The minimum Gasteiger partial charge on any atom is -0.339 e.